The molecule has 27 heavy (non-hydrogen) atoms. The second-order valence-corrected chi connectivity index (χ2v) is 7.42. The first-order valence-corrected chi connectivity index (χ1v) is 9.04. The highest BCUT2D eigenvalue weighted by molar-refractivity contribution is 5.77. The molecule has 0 spiro atoms. The lowest BCUT2D eigenvalue weighted by atomic mass is 10.0. The van der Waals surface area contributed by atoms with Gasteiger partial charge in [0, 0.05) is 12.0 Å². The zero-order valence-electron chi connectivity index (χ0n) is 16.2. The van der Waals surface area contributed by atoms with Crippen LogP contribution in [0.15, 0.2) is 34.7 Å². The number of aryl methyl sites for hydroxylation is 2. The summed E-state index contributed by atoms with van der Waals surface area (Å²) in [6, 6.07) is 7.67. The summed E-state index contributed by atoms with van der Waals surface area (Å²) in [4.78, 5) is 23.0. The molecule has 146 valence electrons. The number of aliphatic carboxylic acids is 2. The molecule has 0 radical (unpaired) electrons. The molecule has 0 bridgehead atoms. The molecule has 2 aromatic rings. The van der Waals surface area contributed by atoms with Crippen LogP contribution in [0.1, 0.15) is 37.2 Å². The summed E-state index contributed by atoms with van der Waals surface area (Å²) in [5.74, 6) is -0.858. The first-order chi connectivity index (χ1) is 12.7. The quantitative estimate of drug-likeness (QED) is 0.620. The second-order valence-electron chi connectivity index (χ2n) is 7.42. The molecule has 3 N–H and O–H groups in total. The molecular formula is C21H27NO5. The standard InChI is InChI=1S/C21H27NO5/c1-12(2)7-17(20(23)24)22-18(21(25)26)11-16-5-6-19(27-16)15-9-13(3)8-14(4)10-15/h5-6,8-10,12,17-18,22H,7,11H2,1-4H3,(H,23,24)(H,25,26). The number of nitrogens with one attached hydrogen (secondary N) is 1. The van der Waals surface area contributed by atoms with Crippen LogP contribution in [-0.2, 0) is 16.0 Å². The fourth-order valence-electron chi connectivity index (χ4n) is 3.13. The molecule has 2 rings (SSSR count). The molecule has 1 aromatic carbocycles. The van der Waals surface area contributed by atoms with Gasteiger partial charge in [0.25, 0.3) is 0 Å². The SMILES string of the molecule is Cc1cc(C)cc(-c2ccc(CC(NC(CC(C)C)C(=O)O)C(=O)O)o2)c1. The van der Waals surface area contributed by atoms with Crippen LogP contribution >= 0.6 is 0 Å². The molecular weight excluding hydrogens is 346 g/mol. The van der Waals surface area contributed by atoms with Gasteiger partial charge in [0.15, 0.2) is 0 Å². The monoisotopic (exact) mass is 373 g/mol. The predicted octanol–water partition coefficient (Wildman–Crippen LogP) is 3.65. The highest BCUT2D eigenvalue weighted by Crippen LogP contribution is 2.25. The Hall–Kier alpha value is -2.60. The van der Waals surface area contributed by atoms with Crippen LogP contribution in [0.4, 0.5) is 0 Å². The van der Waals surface area contributed by atoms with E-state index in [9.17, 15) is 19.8 Å². The van der Waals surface area contributed by atoms with E-state index in [1.165, 1.54) is 0 Å². The number of hydrogen-bond donors (Lipinski definition) is 3. The number of carbonyl (C=O) groups is 2. The van der Waals surface area contributed by atoms with E-state index >= 15 is 0 Å². The number of rotatable bonds is 9. The fraction of sp³-hybridized carbons (Fsp3) is 0.429. The Kier molecular flexibility index (Phi) is 6.80. The number of carboxylic acid groups (broad SMARTS) is 2. The van der Waals surface area contributed by atoms with Gasteiger partial charge in [-0.05, 0) is 50.5 Å². The van der Waals surface area contributed by atoms with Crippen LogP contribution in [0.5, 0.6) is 0 Å². The van der Waals surface area contributed by atoms with Gasteiger partial charge < -0.3 is 14.6 Å². The topological polar surface area (TPSA) is 99.8 Å². The summed E-state index contributed by atoms with van der Waals surface area (Å²) in [6.07, 6.45) is 0.424. The van der Waals surface area contributed by atoms with Crippen molar-refractivity contribution in [2.24, 2.45) is 5.92 Å². The Morgan fingerprint density at radius 1 is 1.00 bits per heavy atom. The van der Waals surface area contributed by atoms with Crippen LogP contribution in [0.2, 0.25) is 0 Å². The molecule has 2 unspecified atom stereocenters. The van der Waals surface area contributed by atoms with Crippen LogP contribution in [0, 0.1) is 19.8 Å². The fourth-order valence-corrected chi connectivity index (χ4v) is 3.13. The number of carboxylic acids is 2. The number of benzene rings is 1. The van der Waals surface area contributed by atoms with Gasteiger partial charge in [0.2, 0.25) is 0 Å². The molecule has 1 heterocycles. The Morgan fingerprint density at radius 3 is 2.11 bits per heavy atom. The maximum Gasteiger partial charge on any atom is 0.321 e. The van der Waals surface area contributed by atoms with Gasteiger partial charge in [-0.25, -0.2) is 0 Å². The minimum Gasteiger partial charge on any atom is -0.480 e. The molecule has 0 amide bonds. The van der Waals surface area contributed by atoms with Gasteiger partial charge >= 0.3 is 11.9 Å². The maximum absolute atomic E-state index is 11.6. The van der Waals surface area contributed by atoms with Crippen molar-refractivity contribution in [3.63, 3.8) is 0 Å². The van der Waals surface area contributed by atoms with Gasteiger partial charge in [-0.1, -0.05) is 31.0 Å². The van der Waals surface area contributed by atoms with E-state index < -0.39 is 24.0 Å². The summed E-state index contributed by atoms with van der Waals surface area (Å²) in [5, 5.41) is 21.6. The van der Waals surface area contributed by atoms with E-state index in [1.807, 2.05) is 45.9 Å². The summed E-state index contributed by atoms with van der Waals surface area (Å²) < 4.78 is 5.83. The molecule has 2 atom stereocenters. The van der Waals surface area contributed by atoms with Crippen molar-refractivity contribution in [3.05, 3.63) is 47.2 Å². The summed E-state index contributed by atoms with van der Waals surface area (Å²) >= 11 is 0. The van der Waals surface area contributed by atoms with E-state index in [-0.39, 0.29) is 12.3 Å². The first kappa shape index (κ1) is 20.7. The molecule has 6 nitrogen and oxygen atoms in total. The van der Waals surface area contributed by atoms with E-state index in [4.69, 9.17) is 4.42 Å². The van der Waals surface area contributed by atoms with E-state index in [0.717, 1.165) is 16.7 Å². The lowest BCUT2D eigenvalue weighted by Gasteiger charge is -2.21. The molecule has 0 aliphatic rings. The third kappa shape index (κ3) is 5.96. The van der Waals surface area contributed by atoms with Crippen molar-refractivity contribution >= 4 is 11.9 Å². The Bertz CT molecular complexity index is 788. The second kappa shape index (κ2) is 8.86. The van der Waals surface area contributed by atoms with Crippen LogP contribution in [-0.4, -0.2) is 34.2 Å². The number of furan rings is 1. The van der Waals surface area contributed by atoms with Crippen molar-refractivity contribution in [2.75, 3.05) is 0 Å². The lowest BCUT2D eigenvalue weighted by Crippen LogP contribution is -2.48. The highest BCUT2D eigenvalue weighted by Gasteiger charge is 2.27. The van der Waals surface area contributed by atoms with E-state index in [1.54, 1.807) is 6.07 Å². The number of hydrogen-bond acceptors (Lipinski definition) is 4. The van der Waals surface area contributed by atoms with Crippen molar-refractivity contribution in [3.8, 4) is 11.3 Å². The maximum atomic E-state index is 11.6. The Labute approximate surface area is 159 Å². The van der Waals surface area contributed by atoms with E-state index in [2.05, 4.69) is 11.4 Å². The Morgan fingerprint density at radius 2 is 1.59 bits per heavy atom. The van der Waals surface area contributed by atoms with Gasteiger partial charge in [-0.3, -0.25) is 14.9 Å². The third-order valence-electron chi connectivity index (χ3n) is 4.28. The Balaban J connectivity index is 2.16. The predicted molar refractivity (Wildman–Crippen MR) is 103 cm³/mol. The summed E-state index contributed by atoms with van der Waals surface area (Å²) in [7, 11) is 0. The molecule has 0 aliphatic carbocycles. The first-order valence-electron chi connectivity index (χ1n) is 9.04. The summed E-state index contributed by atoms with van der Waals surface area (Å²) in [5.41, 5.74) is 3.17. The van der Waals surface area contributed by atoms with Gasteiger partial charge in [0.1, 0.15) is 23.6 Å². The lowest BCUT2D eigenvalue weighted by molar-refractivity contribution is -0.143. The normalized spacial score (nSPS) is 13.5. The van der Waals surface area contributed by atoms with Gasteiger partial charge in [0.05, 0.1) is 0 Å². The third-order valence-corrected chi connectivity index (χ3v) is 4.28. The molecule has 0 fully saturated rings. The molecule has 1 aromatic heterocycles. The van der Waals surface area contributed by atoms with Crippen LogP contribution < -0.4 is 5.32 Å². The largest absolute Gasteiger partial charge is 0.480 e. The molecule has 6 heteroatoms. The van der Waals surface area contributed by atoms with Crippen LogP contribution in [0.3, 0.4) is 0 Å². The van der Waals surface area contributed by atoms with Gasteiger partial charge in [-0.2, -0.15) is 0 Å². The minimum atomic E-state index is -1.10. The van der Waals surface area contributed by atoms with Crippen molar-refractivity contribution in [1.29, 1.82) is 0 Å². The van der Waals surface area contributed by atoms with Gasteiger partial charge in [-0.15, -0.1) is 0 Å². The van der Waals surface area contributed by atoms with Crippen molar-refractivity contribution < 1.29 is 24.2 Å². The molecule has 0 aliphatic heterocycles. The zero-order chi connectivity index (χ0) is 20.1. The molecule has 0 saturated heterocycles. The highest BCUT2D eigenvalue weighted by atomic mass is 16.4. The van der Waals surface area contributed by atoms with Crippen molar-refractivity contribution in [1.82, 2.24) is 5.32 Å². The molecule has 0 saturated carbocycles. The van der Waals surface area contributed by atoms with Crippen molar-refractivity contribution in [2.45, 2.75) is 52.6 Å². The summed E-state index contributed by atoms with van der Waals surface area (Å²) in [6.45, 7) is 7.81. The zero-order valence-corrected chi connectivity index (χ0v) is 16.2. The average Bonchev–Trinajstić information content (AvgIpc) is 3.00. The smallest absolute Gasteiger partial charge is 0.321 e. The average molecular weight is 373 g/mol. The minimum absolute atomic E-state index is 0.0714. The van der Waals surface area contributed by atoms with Crippen LogP contribution in [0.25, 0.3) is 11.3 Å². The van der Waals surface area contributed by atoms with E-state index in [0.29, 0.717) is 17.9 Å².